The van der Waals surface area contributed by atoms with E-state index in [0.717, 1.165) is 38.5 Å². The first-order valence-electron chi connectivity index (χ1n) is 18.8. The van der Waals surface area contributed by atoms with E-state index in [1.807, 2.05) is 0 Å². The van der Waals surface area contributed by atoms with Crippen molar-refractivity contribution in [3.63, 3.8) is 0 Å². The van der Waals surface area contributed by atoms with E-state index in [1.54, 1.807) is 0 Å². The average Bonchev–Trinajstić information content (AvgIpc) is 3.03. The van der Waals surface area contributed by atoms with Crippen molar-refractivity contribution < 1.29 is 33.0 Å². The maximum atomic E-state index is 12.5. The molecule has 0 aliphatic rings. The number of hydrogen-bond donors (Lipinski definition) is 2. The molecule has 0 fully saturated rings. The predicted octanol–water partition coefficient (Wildman–Crippen LogP) is 10.2. The number of rotatable bonds is 36. The largest absolute Gasteiger partial charge is 0.462 e. The lowest BCUT2D eigenvalue weighted by atomic mass is 10.0. The van der Waals surface area contributed by atoms with Gasteiger partial charge < -0.3 is 29.1 Å². The Bertz CT molecular complexity index is 641. The van der Waals surface area contributed by atoms with Crippen molar-refractivity contribution in [1.82, 2.24) is 0 Å². The van der Waals surface area contributed by atoms with Crippen molar-refractivity contribution in [2.24, 2.45) is 5.73 Å². The molecule has 9 heteroatoms. The molecule has 0 aromatic rings. The molecule has 0 spiro atoms. The minimum absolute atomic E-state index is 0.0900. The summed E-state index contributed by atoms with van der Waals surface area (Å²) in [5.74, 6) is -0.631. The van der Waals surface area contributed by atoms with Crippen molar-refractivity contribution in [1.29, 1.82) is 0 Å². The molecule has 268 valence electrons. The van der Waals surface area contributed by atoms with E-state index in [4.69, 9.17) is 24.3 Å². The van der Waals surface area contributed by atoms with Crippen LogP contribution in [0.1, 0.15) is 187 Å². The third kappa shape index (κ3) is 34.4. The Kier molecular flexibility index (Phi) is 35.4. The molecule has 0 aliphatic heterocycles. The zero-order valence-electron chi connectivity index (χ0n) is 29.4. The highest BCUT2D eigenvalue weighted by Gasteiger charge is 2.20. The van der Waals surface area contributed by atoms with Crippen molar-refractivity contribution in [2.75, 3.05) is 26.4 Å². The van der Waals surface area contributed by atoms with Crippen LogP contribution < -0.4 is 5.73 Å². The van der Waals surface area contributed by atoms with Crippen LogP contribution in [0.4, 0.5) is 0 Å². The Balaban J connectivity index is 4.15. The van der Waals surface area contributed by atoms with Gasteiger partial charge in [-0.3, -0.25) is 9.59 Å². The first-order valence-corrected chi connectivity index (χ1v) is 20.0. The number of carbonyl (C=O) groups excluding carboxylic acids is 2. The standard InChI is InChI=1S/C36H72NO7P/c1-3-5-7-9-11-13-15-17-19-21-23-25-28-35(38)41-32-34(33-43-45(40)42-31-27-30-37)44-36(39)29-26-24-22-20-18-16-14-12-10-8-6-4-2/h34,40H,3-33,37H2,1-2H3. The molecule has 0 saturated carbocycles. The Hall–Kier alpha value is -0.790. The van der Waals surface area contributed by atoms with Gasteiger partial charge in [0.2, 0.25) is 0 Å². The summed E-state index contributed by atoms with van der Waals surface area (Å²) in [6.07, 6.45) is 30.1. The molecule has 0 amide bonds. The van der Waals surface area contributed by atoms with Crippen molar-refractivity contribution in [3.8, 4) is 0 Å². The van der Waals surface area contributed by atoms with Gasteiger partial charge in [-0.15, -0.1) is 0 Å². The van der Waals surface area contributed by atoms with Crippen LogP contribution in [-0.2, 0) is 28.1 Å². The zero-order chi connectivity index (χ0) is 33.1. The van der Waals surface area contributed by atoms with Gasteiger partial charge in [0.1, 0.15) is 6.61 Å². The molecule has 2 unspecified atom stereocenters. The molecule has 0 rings (SSSR count). The van der Waals surface area contributed by atoms with Crippen LogP contribution in [0.2, 0.25) is 0 Å². The van der Waals surface area contributed by atoms with E-state index in [-0.39, 0.29) is 31.8 Å². The fourth-order valence-electron chi connectivity index (χ4n) is 5.25. The summed E-state index contributed by atoms with van der Waals surface area (Å²) in [5.41, 5.74) is 5.46. The van der Waals surface area contributed by atoms with Gasteiger partial charge in [-0.1, -0.05) is 155 Å². The van der Waals surface area contributed by atoms with Gasteiger partial charge in [0.05, 0.1) is 13.2 Å². The number of carbonyl (C=O) groups is 2. The molecule has 0 aromatic carbocycles. The lowest BCUT2D eigenvalue weighted by Gasteiger charge is -2.19. The van der Waals surface area contributed by atoms with E-state index < -0.39 is 14.7 Å². The van der Waals surface area contributed by atoms with Crippen LogP contribution in [0, 0.1) is 0 Å². The molecule has 0 aliphatic carbocycles. The Morgan fingerprint density at radius 2 is 0.956 bits per heavy atom. The summed E-state index contributed by atoms with van der Waals surface area (Å²) in [6.45, 7) is 5.06. The second-order valence-electron chi connectivity index (χ2n) is 12.6. The van der Waals surface area contributed by atoms with Gasteiger partial charge in [-0.2, -0.15) is 0 Å². The Labute approximate surface area is 278 Å². The molecule has 0 aromatic heterocycles. The fraction of sp³-hybridized carbons (Fsp3) is 0.944. The summed E-state index contributed by atoms with van der Waals surface area (Å²) in [5, 5.41) is 0. The number of esters is 2. The van der Waals surface area contributed by atoms with E-state index >= 15 is 0 Å². The summed E-state index contributed by atoms with van der Waals surface area (Å²) in [4.78, 5) is 34.8. The minimum atomic E-state index is -2.11. The van der Waals surface area contributed by atoms with E-state index in [9.17, 15) is 14.5 Å². The van der Waals surface area contributed by atoms with E-state index in [0.29, 0.717) is 25.8 Å². The van der Waals surface area contributed by atoms with Gasteiger partial charge in [-0.05, 0) is 25.8 Å². The van der Waals surface area contributed by atoms with Crippen LogP contribution >= 0.6 is 8.60 Å². The molecule has 0 heterocycles. The number of unbranched alkanes of at least 4 members (excludes halogenated alkanes) is 22. The second-order valence-corrected chi connectivity index (χ2v) is 13.6. The molecule has 2 atom stereocenters. The van der Waals surface area contributed by atoms with Crippen LogP contribution in [0.15, 0.2) is 0 Å². The monoisotopic (exact) mass is 662 g/mol. The first kappa shape index (κ1) is 44.2. The highest BCUT2D eigenvalue weighted by Crippen LogP contribution is 2.33. The summed E-state index contributed by atoms with van der Waals surface area (Å²) < 4.78 is 21.6. The molecule has 0 saturated heterocycles. The van der Waals surface area contributed by atoms with Crippen LogP contribution in [-0.4, -0.2) is 49.3 Å². The minimum Gasteiger partial charge on any atom is -0.462 e. The predicted molar refractivity (Wildman–Crippen MR) is 187 cm³/mol. The highest BCUT2D eigenvalue weighted by molar-refractivity contribution is 7.40. The maximum absolute atomic E-state index is 12.5. The maximum Gasteiger partial charge on any atom is 0.329 e. The molecule has 8 nitrogen and oxygen atoms in total. The van der Waals surface area contributed by atoms with Gasteiger partial charge in [-0.25, -0.2) is 0 Å². The van der Waals surface area contributed by atoms with E-state index in [2.05, 4.69) is 13.8 Å². The Morgan fingerprint density at radius 1 is 0.556 bits per heavy atom. The zero-order valence-corrected chi connectivity index (χ0v) is 30.3. The van der Waals surface area contributed by atoms with Crippen LogP contribution in [0.5, 0.6) is 0 Å². The summed E-state index contributed by atoms with van der Waals surface area (Å²) >= 11 is 0. The van der Waals surface area contributed by atoms with Crippen LogP contribution in [0.25, 0.3) is 0 Å². The van der Waals surface area contributed by atoms with Crippen molar-refractivity contribution >= 4 is 20.5 Å². The van der Waals surface area contributed by atoms with Crippen molar-refractivity contribution in [3.05, 3.63) is 0 Å². The molecule has 0 bridgehead atoms. The molecule has 3 N–H and O–H groups in total. The number of nitrogens with two attached hydrogens (primary N) is 1. The quantitative estimate of drug-likeness (QED) is 0.0387. The van der Waals surface area contributed by atoms with Gasteiger partial charge in [0.25, 0.3) is 0 Å². The summed E-state index contributed by atoms with van der Waals surface area (Å²) in [7, 11) is -2.11. The topological polar surface area (TPSA) is 117 Å². The highest BCUT2D eigenvalue weighted by atomic mass is 31.2. The molecule has 45 heavy (non-hydrogen) atoms. The normalized spacial score (nSPS) is 12.7. The smallest absolute Gasteiger partial charge is 0.329 e. The van der Waals surface area contributed by atoms with Gasteiger partial charge in [0, 0.05) is 12.8 Å². The van der Waals surface area contributed by atoms with Gasteiger partial charge in [0.15, 0.2) is 6.10 Å². The third-order valence-electron chi connectivity index (χ3n) is 8.12. The Morgan fingerprint density at radius 3 is 1.38 bits per heavy atom. The fourth-order valence-corrected chi connectivity index (χ4v) is 5.90. The third-order valence-corrected chi connectivity index (χ3v) is 8.89. The molecule has 0 radical (unpaired) electrons. The lowest BCUT2D eigenvalue weighted by Crippen LogP contribution is -2.29. The van der Waals surface area contributed by atoms with Crippen LogP contribution in [0.3, 0.4) is 0 Å². The number of ether oxygens (including phenoxy) is 2. The molecular weight excluding hydrogens is 589 g/mol. The van der Waals surface area contributed by atoms with Crippen molar-refractivity contribution in [2.45, 2.75) is 193 Å². The average molecular weight is 662 g/mol. The molecular formula is C36H72NO7P. The summed E-state index contributed by atoms with van der Waals surface area (Å²) in [6, 6.07) is 0. The lowest BCUT2D eigenvalue weighted by molar-refractivity contribution is -0.161. The SMILES string of the molecule is CCCCCCCCCCCCCCC(=O)OCC(COP(O)OCCCN)OC(=O)CCCCCCCCCCCCCC. The van der Waals surface area contributed by atoms with Gasteiger partial charge >= 0.3 is 20.5 Å². The second kappa shape index (κ2) is 36.1. The first-order chi connectivity index (χ1) is 22.0. The number of hydrogen-bond acceptors (Lipinski definition) is 8. The van der Waals surface area contributed by atoms with E-state index in [1.165, 1.54) is 116 Å².